The lowest BCUT2D eigenvalue weighted by Crippen LogP contribution is -2.31. The molecule has 0 aromatic rings. The Hall–Kier alpha value is -1.45. The molecule has 0 heterocycles. The van der Waals surface area contributed by atoms with Crippen LogP contribution in [0.3, 0.4) is 0 Å². The smallest absolute Gasteiger partial charge is 0.411 e. The highest BCUT2D eigenvalue weighted by Gasteiger charge is 2.16. The van der Waals surface area contributed by atoms with Crippen molar-refractivity contribution in [1.29, 1.82) is 0 Å². The van der Waals surface area contributed by atoms with Crippen molar-refractivity contribution >= 4 is 6.09 Å². The molecule has 0 unspecified atom stereocenters. The molecule has 0 fully saturated rings. The minimum absolute atomic E-state index is 0.446. The molecule has 1 amide bonds. The van der Waals surface area contributed by atoms with Crippen LogP contribution in [0, 0.1) is 0 Å². The molecule has 0 bridgehead atoms. The van der Waals surface area contributed by atoms with E-state index in [4.69, 9.17) is 9.47 Å². The summed E-state index contributed by atoms with van der Waals surface area (Å²) in [6.45, 7) is 11.0. The molecule has 0 aromatic heterocycles. The maximum Gasteiger partial charge on any atom is 0.411 e. The molecule has 17 heavy (non-hydrogen) atoms. The van der Waals surface area contributed by atoms with Gasteiger partial charge in [-0.25, -0.2) is 4.79 Å². The second-order valence-corrected chi connectivity index (χ2v) is 4.89. The van der Waals surface area contributed by atoms with Crippen LogP contribution >= 0.6 is 0 Å². The fraction of sp³-hybridized carbons (Fsp3) is 0.615. The van der Waals surface area contributed by atoms with Gasteiger partial charge < -0.3 is 9.47 Å². The number of hydrogen-bond acceptors (Lipinski definition) is 3. The first kappa shape index (κ1) is 15.6. The molecule has 0 rings (SSSR count). The number of nitrogens with one attached hydrogen (secondary N) is 1. The Morgan fingerprint density at radius 3 is 2.12 bits per heavy atom. The van der Waals surface area contributed by atoms with Gasteiger partial charge in [-0.15, -0.1) is 0 Å². The lowest BCUT2D eigenvalue weighted by Gasteiger charge is -2.20. The predicted molar refractivity (Wildman–Crippen MR) is 68.5 cm³/mol. The van der Waals surface area contributed by atoms with E-state index in [2.05, 4.69) is 5.32 Å². The van der Waals surface area contributed by atoms with E-state index >= 15 is 0 Å². The van der Waals surface area contributed by atoms with Gasteiger partial charge in [0.25, 0.3) is 0 Å². The average Bonchev–Trinajstić information content (AvgIpc) is 2.14. The topological polar surface area (TPSA) is 47.6 Å². The van der Waals surface area contributed by atoms with Crippen LogP contribution in [0.15, 0.2) is 23.1 Å². The van der Waals surface area contributed by atoms with Crippen molar-refractivity contribution in [2.24, 2.45) is 0 Å². The van der Waals surface area contributed by atoms with Gasteiger partial charge in [-0.05, 0) is 53.2 Å². The van der Waals surface area contributed by atoms with E-state index in [1.54, 1.807) is 7.11 Å². The fourth-order valence-corrected chi connectivity index (χ4v) is 1.03. The zero-order chi connectivity index (χ0) is 13.6. The minimum atomic E-state index is -0.490. The zero-order valence-corrected chi connectivity index (χ0v) is 11.8. The molecule has 0 saturated heterocycles. The number of amides is 1. The number of ether oxygens (including phenoxy) is 2. The summed E-state index contributed by atoms with van der Waals surface area (Å²) in [4.78, 5) is 11.5. The van der Waals surface area contributed by atoms with E-state index in [0.29, 0.717) is 0 Å². The van der Waals surface area contributed by atoms with E-state index in [0.717, 1.165) is 17.0 Å². The van der Waals surface area contributed by atoms with Crippen molar-refractivity contribution in [1.82, 2.24) is 5.32 Å². The van der Waals surface area contributed by atoms with Crippen molar-refractivity contribution in [3.05, 3.63) is 23.1 Å². The van der Waals surface area contributed by atoms with Crippen LogP contribution < -0.4 is 5.32 Å². The summed E-state index contributed by atoms with van der Waals surface area (Å²) in [5, 5.41) is 2.68. The Morgan fingerprint density at radius 1 is 1.18 bits per heavy atom. The van der Waals surface area contributed by atoms with Crippen LogP contribution in [-0.4, -0.2) is 18.8 Å². The maximum atomic E-state index is 11.5. The molecule has 0 spiro atoms. The maximum absolute atomic E-state index is 11.5. The molecule has 0 saturated carbocycles. The SMILES string of the molecule is CO/C(C)=C/C(C)=C(\C)NC(=O)OC(C)(C)C. The molecule has 98 valence electrons. The summed E-state index contributed by atoms with van der Waals surface area (Å²) in [5.74, 6) is 0.785. The average molecular weight is 241 g/mol. The van der Waals surface area contributed by atoms with E-state index in [1.165, 1.54) is 0 Å². The van der Waals surface area contributed by atoms with E-state index in [9.17, 15) is 4.79 Å². The van der Waals surface area contributed by atoms with Gasteiger partial charge in [0.15, 0.2) is 0 Å². The van der Waals surface area contributed by atoms with Crippen LogP contribution in [0.4, 0.5) is 4.79 Å². The highest BCUT2D eigenvalue weighted by molar-refractivity contribution is 5.70. The van der Waals surface area contributed by atoms with Gasteiger partial charge in [0, 0.05) is 5.70 Å². The van der Waals surface area contributed by atoms with Crippen molar-refractivity contribution < 1.29 is 14.3 Å². The molecule has 0 atom stereocenters. The van der Waals surface area contributed by atoms with Crippen molar-refractivity contribution in [3.8, 4) is 0 Å². The fourth-order valence-electron chi connectivity index (χ4n) is 1.03. The number of carbonyl (C=O) groups excluding carboxylic acids is 1. The Labute approximate surface area is 104 Å². The molecular weight excluding hydrogens is 218 g/mol. The Balaban J connectivity index is 4.58. The third-order valence-electron chi connectivity index (χ3n) is 2.02. The lowest BCUT2D eigenvalue weighted by atomic mass is 10.2. The van der Waals surface area contributed by atoms with Crippen molar-refractivity contribution in [2.75, 3.05) is 7.11 Å². The summed E-state index contributed by atoms with van der Waals surface area (Å²) in [6, 6.07) is 0. The molecule has 0 aliphatic heterocycles. The Bertz CT molecular complexity index is 335. The summed E-state index contributed by atoms with van der Waals surface area (Å²) in [5.41, 5.74) is 1.18. The zero-order valence-electron chi connectivity index (χ0n) is 11.8. The second kappa shape index (κ2) is 6.33. The highest BCUT2D eigenvalue weighted by Crippen LogP contribution is 2.09. The van der Waals surface area contributed by atoms with Crippen LogP contribution in [0.1, 0.15) is 41.5 Å². The summed E-state index contributed by atoms with van der Waals surface area (Å²) >= 11 is 0. The van der Waals surface area contributed by atoms with Gasteiger partial charge in [-0.2, -0.15) is 0 Å². The van der Waals surface area contributed by atoms with Crippen LogP contribution in [0.2, 0.25) is 0 Å². The monoisotopic (exact) mass is 241 g/mol. The third-order valence-corrected chi connectivity index (χ3v) is 2.02. The van der Waals surface area contributed by atoms with E-state index in [1.807, 2.05) is 47.6 Å². The standard InChI is InChI=1S/C13H23NO3/c1-9(8-10(2)16-7)11(3)14-12(15)17-13(4,5)6/h8H,1-7H3,(H,14,15)/b10-8+,11-9+. The van der Waals surface area contributed by atoms with Crippen LogP contribution in [0.5, 0.6) is 0 Å². The predicted octanol–water partition coefficient (Wildman–Crippen LogP) is 3.36. The summed E-state index contributed by atoms with van der Waals surface area (Å²) in [7, 11) is 1.61. The van der Waals surface area contributed by atoms with Gasteiger partial charge in [0.05, 0.1) is 12.9 Å². The van der Waals surface area contributed by atoms with E-state index in [-0.39, 0.29) is 0 Å². The molecule has 0 aliphatic rings. The second-order valence-electron chi connectivity index (χ2n) is 4.89. The normalized spacial score (nSPS) is 13.9. The lowest BCUT2D eigenvalue weighted by molar-refractivity contribution is 0.0545. The molecule has 4 heteroatoms. The number of hydrogen-bond donors (Lipinski definition) is 1. The Kier molecular flexibility index (Phi) is 5.79. The molecule has 4 nitrogen and oxygen atoms in total. The first-order chi connectivity index (χ1) is 7.65. The molecule has 0 aliphatic carbocycles. The quantitative estimate of drug-likeness (QED) is 0.609. The number of alkyl carbamates (subject to hydrolysis) is 1. The van der Waals surface area contributed by atoms with Gasteiger partial charge >= 0.3 is 6.09 Å². The number of rotatable bonds is 3. The number of carbonyl (C=O) groups is 1. The van der Waals surface area contributed by atoms with Gasteiger partial charge in [-0.3, -0.25) is 5.32 Å². The molecule has 1 N–H and O–H groups in total. The van der Waals surface area contributed by atoms with Crippen molar-refractivity contribution in [3.63, 3.8) is 0 Å². The molecular formula is C13H23NO3. The molecule has 0 radical (unpaired) electrons. The summed E-state index contributed by atoms with van der Waals surface area (Å²) in [6.07, 6.45) is 1.41. The Morgan fingerprint density at radius 2 is 1.71 bits per heavy atom. The van der Waals surface area contributed by atoms with Crippen molar-refractivity contribution in [2.45, 2.75) is 47.1 Å². The largest absolute Gasteiger partial charge is 0.501 e. The number of methoxy groups -OCH3 is 1. The van der Waals surface area contributed by atoms with Gasteiger partial charge in [-0.1, -0.05) is 0 Å². The van der Waals surface area contributed by atoms with Crippen LogP contribution in [-0.2, 0) is 9.47 Å². The molecule has 0 aromatic carbocycles. The van der Waals surface area contributed by atoms with Gasteiger partial charge in [0.1, 0.15) is 5.60 Å². The van der Waals surface area contributed by atoms with E-state index < -0.39 is 11.7 Å². The number of allylic oxidation sites excluding steroid dienone is 4. The first-order valence-electron chi connectivity index (χ1n) is 5.55. The van der Waals surface area contributed by atoms with Crippen LogP contribution in [0.25, 0.3) is 0 Å². The highest BCUT2D eigenvalue weighted by atomic mass is 16.6. The summed E-state index contributed by atoms with van der Waals surface area (Å²) < 4.78 is 10.2. The first-order valence-corrected chi connectivity index (χ1v) is 5.55. The third kappa shape index (κ3) is 7.44. The van der Waals surface area contributed by atoms with Gasteiger partial charge in [0.2, 0.25) is 0 Å². The minimum Gasteiger partial charge on any atom is -0.501 e.